The van der Waals surface area contributed by atoms with Crippen molar-refractivity contribution in [3.05, 3.63) is 39.3 Å². The smallest absolute Gasteiger partial charge is 0.188 e. The van der Waals surface area contributed by atoms with Gasteiger partial charge in [-0.3, -0.25) is 0 Å². The summed E-state index contributed by atoms with van der Waals surface area (Å²) in [5.74, 6) is 0. The van der Waals surface area contributed by atoms with Crippen LogP contribution in [0, 0.1) is 20.8 Å². The fourth-order valence-corrected chi connectivity index (χ4v) is 4.66. The van der Waals surface area contributed by atoms with Crippen molar-refractivity contribution in [2.24, 2.45) is 5.73 Å². The maximum absolute atomic E-state index is 6.33. The molecule has 2 aromatic heterocycles. The Balaban J connectivity index is 2.31. The highest BCUT2D eigenvalue weighted by molar-refractivity contribution is 7.99. The molecule has 2 unspecified atom stereocenters. The Bertz CT molecular complexity index is 560. The molecular weight excluding hydrogens is 286 g/mol. The molecule has 2 aromatic rings. The van der Waals surface area contributed by atoms with Gasteiger partial charge in [-0.25, -0.2) is 9.97 Å². The highest BCUT2D eigenvalue weighted by Crippen LogP contribution is 2.40. The predicted octanol–water partition coefficient (Wildman–Crippen LogP) is 4.03. The van der Waals surface area contributed by atoms with Gasteiger partial charge in [0.15, 0.2) is 5.16 Å². The summed E-state index contributed by atoms with van der Waals surface area (Å²) in [6, 6.07) is 4.26. The number of thiophene rings is 1. The van der Waals surface area contributed by atoms with Crippen molar-refractivity contribution < 1.29 is 0 Å². The zero-order chi connectivity index (χ0) is 14.7. The standard InChI is InChI=1S/C15H21N3S2/c1-5-12(16)14(13-9(2)6-7-19-13)20-15-17-10(3)8-11(4)18-15/h6-8,12,14H,5,16H2,1-4H3. The summed E-state index contributed by atoms with van der Waals surface area (Å²) in [5.41, 5.74) is 9.65. The Morgan fingerprint density at radius 2 is 1.90 bits per heavy atom. The molecule has 0 spiro atoms. The summed E-state index contributed by atoms with van der Waals surface area (Å²) in [6.07, 6.45) is 0.944. The summed E-state index contributed by atoms with van der Waals surface area (Å²) in [5, 5.41) is 3.17. The van der Waals surface area contributed by atoms with Gasteiger partial charge >= 0.3 is 0 Å². The van der Waals surface area contributed by atoms with E-state index >= 15 is 0 Å². The van der Waals surface area contributed by atoms with E-state index < -0.39 is 0 Å². The minimum absolute atomic E-state index is 0.113. The van der Waals surface area contributed by atoms with E-state index in [-0.39, 0.29) is 11.3 Å². The minimum Gasteiger partial charge on any atom is -0.326 e. The minimum atomic E-state index is 0.113. The maximum atomic E-state index is 6.33. The SMILES string of the molecule is CCC(N)C(Sc1nc(C)cc(C)n1)c1sccc1C. The number of thioether (sulfide) groups is 1. The van der Waals surface area contributed by atoms with Crippen molar-refractivity contribution >= 4 is 23.1 Å². The summed E-state index contributed by atoms with van der Waals surface area (Å²) in [4.78, 5) is 10.4. The van der Waals surface area contributed by atoms with Crippen LogP contribution in [0.4, 0.5) is 0 Å². The monoisotopic (exact) mass is 307 g/mol. The van der Waals surface area contributed by atoms with Gasteiger partial charge in [-0.05, 0) is 50.3 Å². The molecule has 20 heavy (non-hydrogen) atoms. The molecular formula is C15H21N3S2. The van der Waals surface area contributed by atoms with E-state index in [1.807, 2.05) is 19.9 Å². The third-order valence-electron chi connectivity index (χ3n) is 3.21. The highest BCUT2D eigenvalue weighted by atomic mass is 32.2. The molecule has 0 aliphatic heterocycles. The molecule has 0 saturated heterocycles. The molecule has 0 aliphatic rings. The van der Waals surface area contributed by atoms with Crippen molar-refractivity contribution in [2.45, 2.75) is 50.6 Å². The van der Waals surface area contributed by atoms with Gasteiger partial charge in [-0.15, -0.1) is 11.3 Å². The van der Waals surface area contributed by atoms with Crippen LogP contribution in [0.15, 0.2) is 22.7 Å². The second kappa shape index (κ2) is 6.70. The first-order valence-corrected chi connectivity index (χ1v) is 8.55. The van der Waals surface area contributed by atoms with Crippen LogP contribution in [0.1, 0.15) is 40.4 Å². The molecule has 5 heteroatoms. The molecule has 0 aromatic carbocycles. The molecule has 2 rings (SSSR count). The van der Waals surface area contributed by atoms with Gasteiger partial charge in [0.05, 0.1) is 5.25 Å². The summed E-state index contributed by atoms with van der Waals surface area (Å²) in [6.45, 7) is 8.28. The lowest BCUT2D eigenvalue weighted by molar-refractivity contribution is 0.636. The van der Waals surface area contributed by atoms with Crippen LogP contribution < -0.4 is 5.73 Å². The van der Waals surface area contributed by atoms with Gasteiger partial charge in [0.2, 0.25) is 0 Å². The lowest BCUT2D eigenvalue weighted by Crippen LogP contribution is -2.25. The average Bonchev–Trinajstić information content (AvgIpc) is 2.80. The van der Waals surface area contributed by atoms with E-state index in [2.05, 4.69) is 35.3 Å². The van der Waals surface area contributed by atoms with Crippen LogP contribution in [0.2, 0.25) is 0 Å². The van der Waals surface area contributed by atoms with E-state index in [0.29, 0.717) is 0 Å². The molecule has 3 nitrogen and oxygen atoms in total. The molecule has 108 valence electrons. The quantitative estimate of drug-likeness (QED) is 0.669. The Kier molecular flexibility index (Phi) is 5.18. The van der Waals surface area contributed by atoms with Crippen molar-refractivity contribution in [2.75, 3.05) is 0 Å². The Morgan fingerprint density at radius 1 is 1.25 bits per heavy atom. The fraction of sp³-hybridized carbons (Fsp3) is 0.467. The zero-order valence-electron chi connectivity index (χ0n) is 12.4. The normalized spacial score (nSPS) is 14.2. The van der Waals surface area contributed by atoms with E-state index in [0.717, 1.165) is 23.0 Å². The van der Waals surface area contributed by atoms with Crippen molar-refractivity contribution in [3.63, 3.8) is 0 Å². The number of hydrogen-bond donors (Lipinski definition) is 1. The van der Waals surface area contributed by atoms with Crippen LogP contribution in [0.5, 0.6) is 0 Å². The van der Waals surface area contributed by atoms with Gasteiger partial charge in [-0.2, -0.15) is 0 Å². The summed E-state index contributed by atoms with van der Waals surface area (Å²) in [7, 11) is 0. The lowest BCUT2D eigenvalue weighted by Gasteiger charge is -2.21. The van der Waals surface area contributed by atoms with Crippen molar-refractivity contribution in [1.29, 1.82) is 0 Å². The van der Waals surface area contributed by atoms with Gasteiger partial charge < -0.3 is 5.73 Å². The van der Waals surface area contributed by atoms with Crippen LogP contribution in [-0.2, 0) is 0 Å². The van der Waals surface area contributed by atoms with Crippen LogP contribution in [-0.4, -0.2) is 16.0 Å². The second-order valence-electron chi connectivity index (χ2n) is 5.01. The number of hydrogen-bond acceptors (Lipinski definition) is 5. The third kappa shape index (κ3) is 3.59. The molecule has 2 N–H and O–H groups in total. The fourth-order valence-electron chi connectivity index (χ4n) is 2.09. The van der Waals surface area contributed by atoms with Crippen LogP contribution >= 0.6 is 23.1 Å². The number of nitrogens with zero attached hydrogens (tertiary/aromatic N) is 2. The zero-order valence-corrected chi connectivity index (χ0v) is 14.0. The van der Waals surface area contributed by atoms with Crippen molar-refractivity contribution in [1.82, 2.24) is 9.97 Å². The van der Waals surface area contributed by atoms with E-state index in [9.17, 15) is 0 Å². The molecule has 0 saturated carbocycles. The van der Waals surface area contributed by atoms with Crippen LogP contribution in [0.25, 0.3) is 0 Å². The summed E-state index contributed by atoms with van der Waals surface area (Å²) >= 11 is 3.46. The van der Waals surface area contributed by atoms with Gasteiger partial charge in [0.25, 0.3) is 0 Å². The molecule has 2 atom stereocenters. The first kappa shape index (κ1) is 15.5. The molecule has 0 amide bonds. The van der Waals surface area contributed by atoms with Gasteiger partial charge in [0.1, 0.15) is 0 Å². The first-order valence-electron chi connectivity index (χ1n) is 6.79. The first-order chi connectivity index (χ1) is 9.51. The van der Waals surface area contributed by atoms with E-state index in [1.165, 1.54) is 10.4 Å². The molecule has 0 radical (unpaired) electrons. The molecule has 0 fully saturated rings. The molecule has 0 aliphatic carbocycles. The van der Waals surface area contributed by atoms with Crippen LogP contribution in [0.3, 0.4) is 0 Å². The van der Waals surface area contributed by atoms with E-state index in [1.54, 1.807) is 23.1 Å². The number of nitrogens with two attached hydrogens (primary N) is 1. The maximum Gasteiger partial charge on any atom is 0.188 e. The van der Waals surface area contributed by atoms with E-state index in [4.69, 9.17) is 5.73 Å². The number of aryl methyl sites for hydroxylation is 3. The van der Waals surface area contributed by atoms with Crippen molar-refractivity contribution in [3.8, 4) is 0 Å². The predicted molar refractivity (Wildman–Crippen MR) is 87.4 cm³/mol. The highest BCUT2D eigenvalue weighted by Gasteiger charge is 2.24. The number of aromatic nitrogens is 2. The Hall–Kier alpha value is -0.910. The summed E-state index contributed by atoms with van der Waals surface area (Å²) < 4.78 is 0. The molecule has 2 heterocycles. The molecule has 0 bridgehead atoms. The lowest BCUT2D eigenvalue weighted by atomic mass is 10.1. The Labute approximate surface area is 129 Å². The largest absolute Gasteiger partial charge is 0.326 e. The average molecular weight is 307 g/mol. The van der Waals surface area contributed by atoms with Gasteiger partial charge in [-0.1, -0.05) is 18.7 Å². The number of rotatable bonds is 5. The third-order valence-corrected chi connectivity index (χ3v) is 5.70. The Morgan fingerprint density at radius 3 is 2.40 bits per heavy atom. The van der Waals surface area contributed by atoms with Gasteiger partial charge in [0, 0.05) is 22.3 Å². The second-order valence-corrected chi connectivity index (χ2v) is 7.07. The topological polar surface area (TPSA) is 51.8 Å².